The van der Waals surface area contributed by atoms with Crippen molar-refractivity contribution < 1.29 is 13.5 Å². The summed E-state index contributed by atoms with van der Waals surface area (Å²) in [7, 11) is -3.78. The maximum absolute atomic E-state index is 13.0. The molecule has 0 aliphatic carbocycles. The Bertz CT molecular complexity index is 989. The van der Waals surface area contributed by atoms with E-state index in [9.17, 15) is 13.5 Å². The number of rotatable bonds is 5. The van der Waals surface area contributed by atoms with Crippen molar-refractivity contribution in [1.29, 1.82) is 0 Å². The number of aliphatic hydroxyl groups is 1. The first-order chi connectivity index (χ1) is 11.8. The fraction of sp³-hybridized carbons (Fsp3) is 0.235. The molecule has 1 atom stereocenters. The van der Waals surface area contributed by atoms with Gasteiger partial charge in [-0.05, 0) is 32.0 Å². The van der Waals surface area contributed by atoms with Crippen LogP contribution in [-0.2, 0) is 16.6 Å². The van der Waals surface area contributed by atoms with Crippen LogP contribution in [0.5, 0.6) is 0 Å². The minimum absolute atomic E-state index is 0.183. The van der Waals surface area contributed by atoms with Gasteiger partial charge in [0.15, 0.2) is 0 Å². The Morgan fingerprint density at radius 2 is 1.92 bits per heavy atom. The highest BCUT2D eigenvalue weighted by Crippen LogP contribution is 2.29. The van der Waals surface area contributed by atoms with E-state index in [-0.39, 0.29) is 4.90 Å². The van der Waals surface area contributed by atoms with Crippen molar-refractivity contribution in [2.75, 3.05) is 0 Å². The zero-order chi connectivity index (χ0) is 18.2. The highest BCUT2D eigenvalue weighted by atomic mass is 35.5. The molecule has 0 saturated heterocycles. The van der Waals surface area contributed by atoms with Crippen molar-refractivity contribution in [3.8, 4) is 11.3 Å². The molecular weight excluding hydrogens is 362 g/mol. The number of halogens is 1. The lowest BCUT2D eigenvalue weighted by molar-refractivity contribution is 0.168. The second-order valence-corrected chi connectivity index (χ2v) is 8.21. The molecule has 2 aromatic heterocycles. The van der Waals surface area contributed by atoms with E-state index in [0.717, 1.165) is 9.54 Å². The van der Waals surface area contributed by atoms with E-state index >= 15 is 0 Å². The van der Waals surface area contributed by atoms with E-state index in [1.165, 1.54) is 6.20 Å². The van der Waals surface area contributed by atoms with Crippen molar-refractivity contribution in [2.24, 2.45) is 0 Å². The lowest BCUT2D eigenvalue weighted by atomic mass is 10.2. The summed E-state index contributed by atoms with van der Waals surface area (Å²) in [6.07, 6.45) is 4.05. The van der Waals surface area contributed by atoms with Crippen molar-refractivity contribution in [2.45, 2.75) is 31.4 Å². The Labute approximate surface area is 151 Å². The van der Waals surface area contributed by atoms with Gasteiger partial charge in [-0.3, -0.25) is 4.68 Å². The van der Waals surface area contributed by atoms with E-state index in [4.69, 9.17) is 11.6 Å². The van der Waals surface area contributed by atoms with E-state index in [1.807, 2.05) is 6.92 Å². The van der Waals surface area contributed by atoms with E-state index in [1.54, 1.807) is 54.3 Å². The molecule has 0 bridgehead atoms. The summed E-state index contributed by atoms with van der Waals surface area (Å²) in [5.74, 6) is 0. The highest BCUT2D eigenvalue weighted by molar-refractivity contribution is 7.90. The molecule has 0 amide bonds. The van der Waals surface area contributed by atoms with Crippen LogP contribution in [0.4, 0.5) is 0 Å². The largest absolute Gasteiger partial charge is 0.391 e. The first-order valence-electron chi connectivity index (χ1n) is 7.68. The lowest BCUT2D eigenvalue weighted by Crippen LogP contribution is -2.13. The Hall–Kier alpha value is -2.09. The van der Waals surface area contributed by atoms with Gasteiger partial charge in [-0.25, -0.2) is 12.4 Å². The predicted molar refractivity (Wildman–Crippen MR) is 96.1 cm³/mol. The molecule has 3 aromatic rings. The minimum Gasteiger partial charge on any atom is -0.391 e. The van der Waals surface area contributed by atoms with Gasteiger partial charge in [0.2, 0.25) is 0 Å². The van der Waals surface area contributed by atoms with Crippen LogP contribution in [0.3, 0.4) is 0 Å². The molecule has 6 nitrogen and oxygen atoms in total. The van der Waals surface area contributed by atoms with Crippen molar-refractivity contribution in [1.82, 2.24) is 13.8 Å². The zero-order valence-electron chi connectivity index (χ0n) is 13.8. The molecule has 132 valence electrons. The summed E-state index contributed by atoms with van der Waals surface area (Å²) in [5.41, 5.74) is 2.00. The second-order valence-electron chi connectivity index (χ2n) is 5.96. The molecule has 0 saturated carbocycles. The Morgan fingerprint density at radius 3 is 2.56 bits per heavy atom. The third-order valence-corrected chi connectivity index (χ3v) is 5.61. The molecule has 1 aromatic carbocycles. The fourth-order valence-corrected chi connectivity index (χ4v) is 4.15. The van der Waals surface area contributed by atoms with Gasteiger partial charge in [0.25, 0.3) is 10.0 Å². The van der Waals surface area contributed by atoms with Gasteiger partial charge in [-0.15, -0.1) is 0 Å². The molecule has 2 heterocycles. The average Bonchev–Trinajstić information content (AvgIpc) is 3.14. The van der Waals surface area contributed by atoms with Crippen LogP contribution in [0.15, 0.2) is 53.8 Å². The van der Waals surface area contributed by atoms with Gasteiger partial charge in [0.1, 0.15) is 0 Å². The predicted octanol–water partition coefficient (Wildman–Crippen LogP) is 2.93. The standard InChI is InChI=1S/C17H18ClN3O3S/c1-12-3-5-16(6-4-12)25(23,24)21-11-15(18)7-17(21)14-8-19-20(10-14)9-13(2)22/h3-8,10-11,13,22H,9H2,1-2H3/t13-/m1/s1. The summed E-state index contributed by atoms with van der Waals surface area (Å²) in [6, 6.07) is 8.21. The number of benzene rings is 1. The quantitative estimate of drug-likeness (QED) is 0.739. The van der Waals surface area contributed by atoms with E-state index in [2.05, 4.69) is 5.10 Å². The molecule has 25 heavy (non-hydrogen) atoms. The summed E-state index contributed by atoms with van der Waals surface area (Å²) in [6.45, 7) is 3.87. The first kappa shape index (κ1) is 17.7. The molecule has 3 rings (SSSR count). The van der Waals surface area contributed by atoms with Crippen LogP contribution in [0, 0.1) is 6.92 Å². The van der Waals surface area contributed by atoms with Crippen molar-refractivity contribution >= 4 is 21.6 Å². The van der Waals surface area contributed by atoms with Gasteiger partial charge in [-0.1, -0.05) is 29.3 Å². The first-order valence-corrected chi connectivity index (χ1v) is 9.50. The van der Waals surface area contributed by atoms with Gasteiger partial charge >= 0.3 is 0 Å². The normalized spacial score (nSPS) is 13.1. The third-order valence-electron chi connectivity index (χ3n) is 3.71. The van der Waals surface area contributed by atoms with Crippen LogP contribution >= 0.6 is 11.6 Å². The summed E-state index contributed by atoms with van der Waals surface area (Å²) >= 11 is 6.07. The molecule has 0 aliphatic heterocycles. The van der Waals surface area contributed by atoms with Crippen LogP contribution in [-0.4, -0.2) is 33.4 Å². The van der Waals surface area contributed by atoms with Crippen LogP contribution < -0.4 is 0 Å². The molecule has 0 fully saturated rings. The molecule has 8 heteroatoms. The highest BCUT2D eigenvalue weighted by Gasteiger charge is 2.22. The zero-order valence-corrected chi connectivity index (χ0v) is 15.4. The minimum atomic E-state index is -3.78. The third kappa shape index (κ3) is 3.63. The topological polar surface area (TPSA) is 77.1 Å². The van der Waals surface area contributed by atoms with E-state index in [0.29, 0.717) is 22.8 Å². The summed E-state index contributed by atoms with van der Waals surface area (Å²) in [5, 5.41) is 13.9. The molecule has 0 radical (unpaired) electrons. The number of aromatic nitrogens is 3. The smallest absolute Gasteiger partial charge is 0.268 e. The fourth-order valence-electron chi connectivity index (χ4n) is 2.51. The SMILES string of the molecule is Cc1ccc(S(=O)(=O)n2cc(Cl)cc2-c2cnn(C[C@@H](C)O)c2)cc1. The Kier molecular flexibility index (Phi) is 4.73. The lowest BCUT2D eigenvalue weighted by Gasteiger charge is -2.10. The second kappa shape index (κ2) is 6.67. The maximum Gasteiger partial charge on any atom is 0.268 e. The van der Waals surface area contributed by atoms with Gasteiger partial charge in [0.05, 0.1) is 34.5 Å². The van der Waals surface area contributed by atoms with E-state index < -0.39 is 16.1 Å². The molecule has 0 unspecified atom stereocenters. The van der Waals surface area contributed by atoms with Crippen molar-refractivity contribution in [3.05, 3.63) is 59.5 Å². The number of aryl methyl sites for hydroxylation is 1. The van der Waals surface area contributed by atoms with Crippen LogP contribution in [0.25, 0.3) is 11.3 Å². The average molecular weight is 380 g/mol. The maximum atomic E-state index is 13.0. The number of nitrogens with zero attached hydrogens (tertiary/aromatic N) is 3. The van der Waals surface area contributed by atoms with Crippen LogP contribution in [0.2, 0.25) is 5.02 Å². The van der Waals surface area contributed by atoms with Crippen molar-refractivity contribution in [3.63, 3.8) is 0 Å². The molecule has 1 N–H and O–H groups in total. The molecule has 0 spiro atoms. The number of hydrogen-bond donors (Lipinski definition) is 1. The molecule has 0 aliphatic rings. The number of aliphatic hydroxyl groups excluding tert-OH is 1. The Morgan fingerprint density at radius 1 is 1.24 bits per heavy atom. The van der Waals surface area contributed by atoms with Crippen LogP contribution in [0.1, 0.15) is 12.5 Å². The summed E-state index contributed by atoms with van der Waals surface area (Å²) < 4.78 is 28.7. The van der Waals surface area contributed by atoms with Gasteiger partial charge in [-0.2, -0.15) is 5.10 Å². The Balaban J connectivity index is 2.07. The van der Waals surface area contributed by atoms with Gasteiger partial charge < -0.3 is 5.11 Å². The number of hydrogen-bond acceptors (Lipinski definition) is 4. The molecular formula is C17H18ClN3O3S. The summed E-state index contributed by atoms with van der Waals surface area (Å²) in [4.78, 5) is 0.183. The monoisotopic (exact) mass is 379 g/mol. The van der Waals surface area contributed by atoms with Gasteiger partial charge in [0, 0.05) is 18.0 Å².